The van der Waals surface area contributed by atoms with E-state index in [0.29, 0.717) is 44.5 Å². The van der Waals surface area contributed by atoms with Crippen LogP contribution in [-0.4, -0.2) is 59.9 Å². The lowest BCUT2D eigenvalue weighted by Gasteiger charge is -2.27. The van der Waals surface area contributed by atoms with Crippen molar-refractivity contribution in [3.05, 3.63) is 99.6 Å². The molecule has 5 rings (SSSR count). The number of aryl methyl sites for hydroxylation is 1. The van der Waals surface area contributed by atoms with Crippen molar-refractivity contribution in [2.24, 2.45) is 0 Å². The zero-order valence-corrected chi connectivity index (χ0v) is 20.2. The van der Waals surface area contributed by atoms with Crippen molar-refractivity contribution in [3.8, 4) is 5.75 Å². The van der Waals surface area contributed by atoms with E-state index in [0.717, 1.165) is 15.4 Å². The summed E-state index contributed by atoms with van der Waals surface area (Å²) in [6, 6.07) is 18.6. The fourth-order valence-electron chi connectivity index (χ4n) is 4.50. The van der Waals surface area contributed by atoms with Gasteiger partial charge in [-0.05, 0) is 55.0 Å². The molecule has 9 heteroatoms. The van der Waals surface area contributed by atoms with E-state index in [1.165, 1.54) is 0 Å². The summed E-state index contributed by atoms with van der Waals surface area (Å²) < 4.78 is 5.93. The van der Waals surface area contributed by atoms with Gasteiger partial charge >= 0.3 is 0 Å². The average molecular weight is 505 g/mol. The summed E-state index contributed by atoms with van der Waals surface area (Å²) in [7, 11) is 0. The number of hydrogen-bond acceptors (Lipinski definition) is 5. The maximum atomic E-state index is 13.0. The smallest absolute Gasteiger partial charge is 0.265 e. The Bertz CT molecular complexity index is 1260. The first-order valence-electron chi connectivity index (χ1n) is 11.5. The lowest BCUT2D eigenvalue weighted by Crippen LogP contribution is -3.15. The summed E-state index contributed by atoms with van der Waals surface area (Å²) in [5, 5.41) is 0.600. The van der Waals surface area contributed by atoms with Crippen molar-refractivity contribution in [1.29, 1.82) is 0 Å². The minimum absolute atomic E-state index is 0.0251. The Morgan fingerprint density at radius 2 is 1.17 bits per heavy atom. The number of rotatable bonds is 8. The van der Waals surface area contributed by atoms with E-state index in [4.69, 9.17) is 16.3 Å². The van der Waals surface area contributed by atoms with Crippen LogP contribution in [0.15, 0.2) is 66.7 Å². The number of nitrogens with zero attached hydrogens (tertiary/aromatic N) is 2. The molecule has 0 aliphatic carbocycles. The molecule has 3 aromatic rings. The average Bonchev–Trinajstić information content (AvgIpc) is 3.26. The van der Waals surface area contributed by atoms with Gasteiger partial charge in [-0.1, -0.05) is 35.9 Å². The quantitative estimate of drug-likeness (QED) is 0.476. The van der Waals surface area contributed by atoms with Crippen LogP contribution >= 0.6 is 11.6 Å². The maximum Gasteiger partial charge on any atom is 0.265 e. The Morgan fingerprint density at radius 3 is 1.58 bits per heavy atom. The number of nitrogens with one attached hydrogen (secondary N) is 1. The van der Waals surface area contributed by atoms with Gasteiger partial charge in [0, 0.05) is 5.02 Å². The SMILES string of the molecule is Cc1cc(Cl)ccc1OCC[NH+](CN1C(=O)c2ccccc2C1=O)CN1C(=O)c2ccccc2C1=O. The summed E-state index contributed by atoms with van der Waals surface area (Å²) in [6.45, 7) is 2.38. The Kier molecular flexibility index (Phi) is 6.30. The molecule has 2 aliphatic rings. The Morgan fingerprint density at radius 1 is 0.722 bits per heavy atom. The van der Waals surface area contributed by atoms with Crippen LogP contribution in [0.2, 0.25) is 5.02 Å². The standard InChI is InChI=1S/C27H22ClN3O5/c1-17-14-18(28)10-11-23(17)36-13-12-29(15-30-24(32)19-6-2-3-7-20(19)25(30)33)16-31-26(34)21-8-4-5-9-22(21)27(31)35/h2-11,14H,12-13,15-16H2,1H3/p+1. The molecule has 2 aliphatic heterocycles. The highest BCUT2D eigenvalue weighted by molar-refractivity contribution is 6.30. The lowest BCUT2D eigenvalue weighted by atomic mass is 10.1. The molecule has 0 saturated carbocycles. The van der Waals surface area contributed by atoms with Crippen LogP contribution < -0.4 is 9.64 Å². The summed E-state index contributed by atoms with van der Waals surface area (Å²) in [6.07, 6.45) is 0. The molecular weight excluding hydrogens is 482 g/mol. The molecule has 3 aromatic carbocycles. The van der Waals surface area contributed by atoms with E-state index in [-0.39, 0.29) is 19.9 Å². The Balaban J connectivity index is 1.35. The number of imide groups is 2. The highest BCUT2D eigenvalue weighted by Crippen LogP contribution is 2.23. The van der Waals surface area contributed by atoms with Crippen LogP contribution in [0, 0.1) is 6.92 Å². The monoisotopic (exact) mass is 504 g/mol. The van der Waals surface area contributed by atoms with Gasteiger partial charge in [0.2, 0.25) is 0 Å². The second-order valence-electron chi connectivity index (χ2n) is 8.74. The number of carbonyl (C=O) groups is 4. The van der Waals surface area contributed by atoms with Crippen LogP contribution in [0.1, 0.15) is 47.0 Å². The molecule has 0 aromatic heterocycles. The van der Waals surface area contributed by atoms with E-state index in [2.05, 4.69) is 0 Å². The van der Waals surface area contributed by atoms with Gasteiger partial charge in [0.25, 0.3) is 23.6 Å². The second-order valence-corrected chi connectivity index (χ2v) is 9.18. The Labute approximate surface area is 212 Å². The fourth-order valence-corrected chi connectivity index (χ4v) is 4.73. The topological polar surface area (TPSA) is 88.4 Å². The van der Waals surface area contributed by atoms with Gasteiger partial charge in [0.1, 0.15) is 18.9 Å². The fraction of sp³-hybridized carbons (Fsp3) is 0.185. The zero-order valence-electron chi connectivity index (χ0n) is 19.5. The molecule has 0 bridgehead atoms. The summed E-state index contributed by atoms with van der Waals surface area (Å²) in [5.74, 6) is -0.940. The number of ether oxygens (including phenoxy) is 1. The van der Waals surface area contributed by atoms with Gasteiger partial charge in [0.15, 0.2) is 13.3 Å². The van der Waals surface area contributed by atoms with E-state index >= 15 is 0 Å². The van der Waals surface area contributed by atoms with Gasteiger partial charge in [-0.3, -0.25) is 24.1 Å². The van der Waals surface area contributed by atoms with E-state index in [1.54, 1.807) is 66.7 Å². The predicted molar refractivity (Wildman–Crippen MR) is 131 cm³/mol. The first kappa shape index (κ1) is 23.7. The summed E-state index contributed by atoms with van der Waals surface area (Å²) >= 11 is 6.02. The Hall–Kier alpha value is -4.01. The van der Waals surface area contributed by atoms with E-state index in [9.17, 15) is 19.2 Å². The minimum atomic E-state index is -0.398. The molecule has 0 spiro atoms. The number of quaternary nitrogens is 1. The third kappa shape index (κ3) is 4.25. The van der Waals surface area contributed by atoms with E-state index < -0.39 is 23.6 Å². The van der Waals surface area contributed by atoms with Crippen molar-refractivity contribution in [1.82, 2.24) is 9.80 Å². The molecule has 182 valence electrons. The second kappa shape index (κ2) is 9.56. The molecule has 0 radical (unpaired) electrons. The van der Waals surface area contributed by atoms with Crippen molar-refractivity contribution >= 4 is 35.2 Å². The molecule has 1 N–H and O–H groups in total. The molecule has 8 nitrogen and oxygen atoms in total. The molecular formula is C27H23ClN3O5+. The third-order valence-corrected chi connectivity index (χ3v) is 6.61. The summed E-state index contributed by atoms with van der Waals surface area (Å²) in [4.78, 5) is 54.8. The molecule has 0 atom stereocenters. The maximum absolute atomic E-state index is 13.0. The number of hydrogen-bond donors (Lipinski definition) is 1. The van der Waals surface area contributed by atoms with Gasteiger partial charge in [-0.2, -0.15) is 0 Å². The number of halogens is 1. The largest absolute Gasteiger partial charge is 0.487 e. The van der Waals surface area contributed by atoms with Crippen molar-refractivity contribution in [2.75, 3.05) is 26.5 Å². The number of carbonyl (C=O) groups excluding carboxylic acids is 4. The van der Waals surface area contributed by atoms with Gasteiger partial charge < -0.3 is 4.74 Å². The predicted octanol–water partition coefficient (Wildman–Crippen LogP) is 2.42. The number of fused-ring (bicyclic) bond motifs is 2. The van der Waals surface area contributed by atoms with Crippen molar-refractivity contribution in [2.45, 2.75) is 6.92 Å². The normalized spacial score (nSPS) is 14.6. The van der Waals surface area contributed by atoms with E-state index in [1.807, 2.05) is 6.92 Å². The van der Waals surface area contributed by atoms with Crippen LogP contribution in [0.4, 0.5) is 0 Å². The van der Waals surface area contributed by atoms with Crippen LogP contribution in [-0.2, 0) is 0 Å². The highest BCUT2D eigenvalue weighted by atomic mass is 35.5. The molecule has 36 heavy (non-hydrogen) atoms. The molecule has 0 fully saturated rings. The zero-order chi connectivity index (χ0) is 25.4. The van der Waals surface area contributed by atoms with Crippen LogP contribution in [0.25, 0.3) is 0 Å². The lowest BCUT2D eigenvalue weighted by molar-refractivity contribution is -0.914. The van der Waals surface area contributed by atoms with Gasteiger partial charge in [-0.15, -0.1) is 0 Å². The minimum Gasteiger partial charge on any atom is -0.487 e. The highest BCUT2D eigenvalue weighted by Gasteiger charge is 2.41. The van der Waals surface area contributed by atoms with Crippen molar-refractivity contribution in [3.63, 3.8) is 0 Å². The van der Waals surface area contributed by atoms with Crippen LogP contribution in [0.3, 0.4) is 0 Å². The van der Waals surface area contributed by atoms with Gasteiger partial charge in [0.05, 0.1) is 22.3 Å². The van der Waals surface area contributed by atoms with Crippen molar-refractivity contribution < 1.29 is 28.8 Å². The number of amides is 4. The van der Waals surface area contributed by atoms with Gasteiger partial charge in [-0.25, -0.2) is 9.80 Å². The van der Waals surface area contributed by atoms with Crippen LogP contribution in [0.5, 0.6) is 5.75 Å². The molecule has 4 amide bonds. The molecule has 0 unspecified atom stereocenters. The first-order valence-corrected chi connectivity index (χ1v) is 11.9. The number of benzene rings is 3. The first-order chi connectivity index (χ1) is 17.3. The molecule has 2 heterocycles. The third-order valence-electron chi connectivity index (χ3n) is 6.37. The molecule has 0 saturated heterocycles. The summed E-state index contributed by atoms with van der Waals surface area (Å²) in [5.41, 5.74) is 2.24.